The van der Waals surface area contributed by atoms with Crippen molar-refractivity contribution in [3.63, 3.8) is 0 Å². The Kier molecular flexibility index (Phi) is 3.38. The summed E-state index contributed by atoms with van der Waals surface area (Å²) in [5, 5.41) is 15.3. The van der Waals surface area contributed by atoms with Crippen molar-refractivity contribution < 1.29 is 9.90 Å². The van der Waals surface area contributed by atoms with Crippen LogP contribution in [0.3, 0.4) is 0 Å². The van der Waals surface area contributed by atoms with Crippen molar-refractivity contribution >= 4 is 27.6 Å². The van der Waals surface area contributed by atoms with Crippen LogP contribution in [0.4, 0.5) is 5.69 Å². The minimum absolute atomic E-state index is 0.0813. The van der Waals surface area contributed by atoms with Crippen molar-refractivity contribution in [3.8, 4) is 11.3 Å². The standard InChI is InChI=1S/C12H12BrN3O2/c1-16(2)11-4-3-7(5-8(11)13)9-6-10(12(17)18)15-14-9/h3-6H,1-2H3,(H,14,15)(H,17,18). The molecule has 0 saturated carbocycles. The zero-order chi connectivity index (χ0) is 13.3. The Morgan fingerprint density at radius 2 is 2.11 bits per heavy atom. The van der Waals surface area contributed by atoms with Crippen molar-refractivity contribution in [1.82, 2.24) is 10.2 Å². The maximum Gasteiger partial charge on any atom is 0.353 e. The Balaban J connectivity index is 2.39. The number of halogens is 1. The van der Waals surface area contributed by atoms with E-state index >= 15 is 0 Å². The summed E-state index contributed by atoms with van der Waals surface area (Å²) >= 11 is 3.48. The first-order chi connectivity index (χ1) is 8.49. The number of benzene rings is 1. The normalized spacial score (nSPS) is 10.4. The van der Waals surface area contributed by atoms with Crippen LogP contribution in [0.5, 0.6) is 0 Å². The highest BCUT2D eigenvalue weighted by atomic mass is 79.9. The van der Waals surface area contributed by atoms with Gasteiger partial charge in [-0.1, -0.05) is 6.07 Å². The minimum Gasteiger partial charge on any atom is -0.477 e. The topological polar surface area (TPSA) is 69.2 Å². The van der Waals surface area contributed by atoms with E-state index in [1.165, 1.54) is 6.07 Å². The third kappa shape index (κ3) is 2.38. The Hall–Kier alpha value is -1.82. The number of anilines is 1. The molecule has 94 valence electrons. The third-order valence-electron chi connectivity index (χ3n) is 2.53. The van der Waals surface area contributed by atoms with Crippen molar-refractivity contribution in [3.05, 3.63) is 34.4 Å². The summed E-state index contributed by atoms with van der Waals surface area (Å²) in [6.45, 7) is 0. The van der Waals surface area contributed by atoms with Gasteiger partial charge >= 0.3 is 5.97 Å². The van der Waals surface area contributed by atoms with Gasteiger partial charge in [-0.25, -0.2) is 4.79 Å². The van der Waals surface area contributed by atoms with Gasteiger partial charge in [0.25, 0.3) is 0 Å². The van der Waals surface area contributed by atoms with Crippen LogP contribution in [0.25, 0.3) is 11.3 Å². The molecule has 0 fully saturated rings. The molecule has 0 aliphatic heterocycles. The molecule has 6 heteroatoms. The van der Waals surface area contributed by atoms with Crippen molar-refractivity contribution in [2.24, 2.45) is 0 Å². The fourth-order valence-electron chi connectivity index (χ4n) is 1.61. The van der Waals surface area contributed by atoms with Crippen LogP contribution in [-0.2, 0) is 0 Å². The number of aromatic nitrogens is 2. The van der Waals surface area contributed by atoms with Gasteiger partial charge in [-0.15, -0.1) is 0 Å². The summed E-state index contributed by atoms with van der Waals surface area (Å²) in [4.78, 5) is 12.8. The van der Waals surface area contributed by atoms with E-state index in [1.807, 2.05) is 37.2 Å². The van der Waals surface area contributed by atoms with E-state index in [2.05, 4.69) is 26.1 Å². The molecule has 0 amide bonds. The first kappa shape index (κ1) is 12.6. The Labute approximate surface area is 113 Å². The predicted octanol–water partition coefficient (Wildman–Crippen LogP) is 2.60. The number of hydrogen-bond acceptors (Lipinski definition) is 3. The van der Waals surface area contributed by atoms with Crippen LogP contribution in [0.2, 0.25) is 0 Å². The summed E-state index contributed by atoms with van der Waals surface area (Å²) in [5.41, 5.74) is 2.60. The highest BCUT2D eigenvalue weighted by Crippen LogP contribution is 2.29. The molecule has 18 heavy (non-hydrogen) atoms. The van der Waals surface area contributed by atoms with Gasteiger partial charge in [0.1, 0.15) is 5.69 Å². The second kappa shape index (κ2) is 4.81. The summed E-state index contributed by atoms with van der Waals surface area (Å²) < 4.78 is 0.935. The van der Waals surface area contributed by atoms with E-state index in [1.54, 1.807) is 0 Å². The van der Waals surface area contributed by atoms with Crippen LogP contribution in [0.15, 0.2) is 28.7 Å². The number of aromatic amines is 1. The van der Waals surface area contributed by atoms with Crippen molar-refractivity contribution in [2.45, 2.75) is 0 Å². The van der Waals surface area contributed by atoms with E-state index in [0.717, 1.165) is 15.7 Å². The Morgan fingerprint density at radius 1 is 1.39 bits per heavy atom. The molecule has 0 radical (unpaired) electrons. The lowest BCUT2D eigenvalue weighted by Gasteiger charge is -2.14. The molecule has 0 aliphatic rings. The number of hydrogen-bond donors (Lipinski definition) is 2. The van der Waals surface area contributed by atoms with Crippen LogP contribution in [0, 0.1) is 0 Å². The van der Waals surface area contributed by atoms with Gasteiger partial charge in [-0.3, -0.25) is 5.10 Å². The van der Waals surface area contributed by atoms with E-state index in [9.17, 15) is 4.79 Å². The van der Waals surface area contributed by atoms with Gasteiger partial charge in [-0.2, -0.15) is 5.10 Å². The van der Waals surface area contributed by atoms with E-state index in [0.29, 0.717) is 5.69 Å². The van der Waals surface area contributed by atoms with Gasteiger partial charge in [0.05, 0.1) is 11.4 Å². The highest BCUT2D eigenvalue weighted by Gasteiger charge is 2.11. The van der Waals surface area contributed by atoms with Gasteiger partial charge in [0.15, 0.2) is 0 Å². The Morgan fingerprint density at radius 3 is 2.61 bits per heavy atom. The van der Waals surface area contributed by atoms with Crippen LogP contribution < -0.4 is 4.90 Å². The molecular formula is C12H12BrN3O2. The first-order valence-electron chi connectivity index (χ1n) is 5.25. The number of carbonyl (C=O) groups is 1. The number of nitrogens with one attached hydrogen (secondary N) is 1. The molecule has 0 unspecified atom stereocenters. The average Bonchev–Trinajstić information content (AvgIpc) is 2.77. The summed E-state index contributed by atoms with van der Waals surface area (Å²) in [6, 6.07) is 7.28. The molecule has 2 aromatic rings. The number of rotatable bonds is 3. The predicted molar refractivity (Wildman–Crippen MR) is 73.0 cm³/mol. The van der Waals surface area contributed by atoms with E-state index < -0.39 is 5.97 Å². The molecule has 0 bridgehead atoms. The number of nitrogens with zero attached hydrogens (tertiary/aromatic N) is 2. The summed E-state index contributed by atoms with van der Waals surface area (Å²) in [6.07, 6.45) is 0. The average molecular weight is 310 g/mol. The lowest BCUT2D eigenvalue weighted by atomic mass is 10.1. The third-order valence-corrected chi connectivity index (χ3v) is 3.17. The molecule has 0 atom stereocenters. The van der Waals surface area contributed by atoms with Crippen molar-refractivity contribution in [2.75, 3.05) is 19.0 Å². The zero-order valence-corrected chi connectivity index (χ0v) is 11.5. The molecule has 1 heterocycles. The minimum atomic E-state index is -1.02. The molecule has 0 saturated heterocycles. The quantitative estimate of drug-likeness (QED) is 0.914. The molecule has 0 aliphatic carbocycles. The van der Waals surface area contributed by atoms with Gasteiger partial charge < -0.3 is 10.0 Å². The van der Waals surface area contributed by atoms with E-state index in [4.69, 9.17) is 5.11 Å². The second-order valence-electron chi connectivity index (χ2n) is 4.03. The number of aromatic carboxylic acids is 1. The fraction of sp³-hybridized carbons (Fsp3) is 0.167. The second-order valence-corrected chi connectivity index (χ2v) is 4.89. The fourth-order valence-corrected chi connectivity index (χ4v) is 2.34. The maximum absolute atomic E-state index is 10.8. The van der Waals surface area contributed by atoms with Gasteiger partial charge in [0.2, 0.25) is 0 Å². The summed E-state index contributed by atoms with van der Waals surface area (Å²) in [7, 11) is 3.91. The highest BCUT2D eigenvalue weighted by molar-refractivity contribution is 9.10. The molecule has 1 aromatic heterocycles. The largest absolute Gasteiger partial charge is 0.477 e. The molecule has 5 nitrogen and oxygen atoms in total. The molecule has 2 rings (SSSR count). The molecule has 2 N–H and O–H groups in total. The molecule has 1 aromatic carbocycles. The first-order valence-corrected chi connectivity index (χ1v) is 6.04. The molecule has 0 spiro atoms. The zero-order valence-electron chi connectivity index (χ0n) is 9.94. The number of carboxylic acids is 1. The number of H-pyrrole nitrogens is 1. The smallest absolute Gasteiger partial charge is 0.353 e. The van der Waals surface area contributed by atoms with Gasteiger partial charge in [-0.05, 0) is 34.1 Å². The lowest BCUT2D eigenvalue weighted by molar-refractivity contribution is 0.0690. The van der Waals surface area contributed by atoms with Crippen LogP contribution in [0.1, 0.15) is 10.5 Å². The van der Waals surface area contributed by atoms with Crippen molar-refractivity contribution in [1.29, 1.82) is 0 Å². The maximum atomic E-state index is 10.8. The van der Waals surface area contributed by atoms with E-state index in [-0.39, 0.29) is 5.69 Å². The Bertz CT molecular complexity index is 593. The molecular weight excluding hydrogens is 298 g/mol. The van der Waals surface area contributed by atoms with Crippen LogP contribution in [-0.4, -0.2) is 35.4 Å². The SMILES string of the molecule is CN(C)c1ccc(-c2cc(C(=O)O)[nH]n2)cc1Br. The van der Waals surface area contributed by atoms with Crippen LogP contribution >= 0.6 is 15.9 Å². The monoisotopic (exact) mass is 309 g/mol. The van der Waals surface area contributed by atoms with Gasteiger partial charge in [0, 0.05) is 24.1 Å². The summed E-state index contributed by atoms with van der Waals surface area (Å²) in [5.74, 6) is -1.02. The lowest BCUT2D eigenvalue weighted by Crippen LogP contribution is -2.09. The number of carboxylic acid groups (broad SMARTS) is 1.